The van der Waals surface area contributed by atoms with E-state index in [2.05, 4.69) is 4.98 Å². The number of nitrogens with zero attached hydrogens (tertiary/aromatic N) is 2. The maximum Gasteiger partial charge on any atom is 0.266 e. The first-order valence-electron chi connectivity index (χ1n) is 8.22. The fraction of sp³-hybridized carbons (Fsp3) is 0.0500. The zero-order valence-electron chi connectivity index (χ0n) is 14.3. The van der Waals surface area contributed by atoms with Crippen molar-refractivity contribution in [1.29, 1.82) is 0 Å². The predicted molar refractivity (Wildman–Crippen MR) is 112 cm³/mol. The van der Waals surface area contributed by atoms with E-state index in [1.54, 1.807) is 48.5 Å². The Hall–Kier alpha value is -2.48. The number of halogens is 2. The molecule has 2 aromatic heterocycles. The molecule has 0 aliphatic heterocycles. The molecule has 0 amide bonds. The number of ketones is 1. The van der Waals surface area contributed by atoms with Crippen LogP contribution in [0.4, 0.5) is 4.39 Å². The first-order valence-corrected chi connectivity index (χ1v) is 10.4. The number of Topliss-reactive ketones (excluding diaryl/α,β-unsaturated/α-hetero) is 1. The molecule has 0 aliphatic carbocycles. The standard InChI is InChI=1S/C20H12ClFN2O2S2/c21-18-10-9-17(28-18)16(25)11-27-20-23-14-7-3-1-5-12(14)19(26)24(20)15-8-4-2-6-13(15)22/h1-10H,11H2. The molecule has 0 spiro atoms. The molecule has 0 bridgehead atoms. The Balaban J connectivity index is 1.80. The summed E-state index contributed by atoms with van der Waals surface area (Å²) in [6.07, 6.45) is 0. The third-order valence-electron chi connectivity index (χ3n) is 4.02. The van der Waals surface area contributed by atoms with Crippen molar-refractivity contribution in [3.8, 4) is 5.69 Å². The van der Waals surface area contributed by atoms with Crippen LogP contribution in [0.2, 0.25) is 4.34 Å². The number of para-hydroxylation sites is 2. The highest BCUT2D eigenvalue weighted by atomic mass is 35.5. The van der Waals surface area contributed by atoms with E-state index in [9.17, 15) is 14.0 Å². The first kappa shape index (κ1) is 18.9. The van der Waals surface area contributed by atoms with Gasteiger partial charge in [-0.05, 0) is 36.4 Å². The number of thioether (sulfide) groups is 1. The summed E-state index contributed by atoms with van der Waals surface area (Å²) >= 11 is 8.17. The number of rotatable bonds is 5. The highest BCUT2D eigenvalue weighted by molar-refractivity contribution is 7.99. The molecule has 4 nitrogen and oxygen atoms in total. The predicted octanol–water partition coefficient (Wildman–Crippen LogP) is 5.21. The second-order valence-corrected chi connectivity index (χ2v) is 8.48. The molecule has 4 rings (SSSR count). The fourth-order valence-corrected chi connectivity index (χ4v) is 4.68. The average Bonchev–Trinajstić information content (AvgIpc) is 3.14. The quantitative estimate of drug-likeness (QED) is 0.247. The van der Waals surface area contributed by atoms with Gasteiger partial charge in [-0.25, -0.2) is 9.37 Å². The summed E-state index contributed by atoms with van der Waals surface area (Å²) in [7, 11) is 0. The van der Waals surface area contributed by atoms with Crippen molar-refractivity contribution in [2.45, 2.75) is 5.16 Å². The Kier molecular flexibility index (Phi) is 5.30. The zero-order chi connectivity index (χ0) is 19.7. The lowest BCUT2D eigenvalue weighted by Gasteiger charge is -2.13. The SMILES string of the molecule is O=C(CSc1nc2ccccc2c(=O)n1-c1ccccc1F)c1ccc(Cl)s1. The van der Waals surface area contributed by atoms with Gasteiger partial charge in [-0.3, -0.25) is 14.2 Å². The monoisotopic (exact) mass is 430 g/mol. The Bertz CT molecular complexity index is 1250. The Morgan fingerprint density at radius 3 is 2.61 bits per heavy atom. The van der Waals surface area contributed by atoms with Crippen molar-refractivity contribution in [1.82, 2.24) is 9.55 Å². The number of thiophene rings is 1. The molecular weight excluding hydrogens is 419 g/mol. The van der Waals surface area contributed by atoms with Gasteiger partial charge in [-0.1, -0.05) is 47.6 Å². The normalized spacial score (nSPS) is 11.1. The summed E-state index contributed by atoms with van der Waals surface area (Å²) in [6, 6.07) is 16.2. The zero-order valence-corrected chi connectivity index (χ0v) is 16.7. The van der Waals surface area contributed by atoms with Crippen molar-refractivity contribution in [3.63, 3.8) is 0 Å². The lowest BCUT2D eigenvalue weighted by atomic mass is 10.2. The molecule has 0 atom stereocenters. The summed E-state index contributed by atoms with van der Waals surface area (Å²) in [5.41, 5.74) is 0.207. The minimum Gasteiger partial charge on any atom is -0.292 e. The van der Waals surface area contributed by atoms with E-state index < -0.39 is 5.82 Å². The van der Waals surface area contributed by atoms with Crippen LogP contribution in [0, 0.1) is 5.82 Å². The van der Waals surface area contributed by atoms with Crippen LogP contribution in [0.3, 0.4) is 0 Å². The van der Waals surface area contributed by atoms with Crippen molar-refractivity contribution in [3.05, 3.63) is 86.0 Å². The fourth-order valence-electron chi connectivity index (χ4n) is 2.72. The first-order chi connectivity index (χ1) is 13.5. The third-order valence-corrected chi connectivity index (χ3v) is 6.23. The van der Waals surface area contributed by atoms with Crippen molar-refractivity contribution in [2.24, 2.45) is 0 Å². The Morgan fingerprint density at radius 2 is 1.86 bits per heavy atom. The molecule has 0 aliphatic rings. The van der Waals surface area contributed by atoms with E-state index in [1.165, 1.54) is 28.0 Å². The average molecular weight is 431 g/mol. The molecule has 4 aromatic rings. The highest BCUT2D eigenvalue weighted by Gasteiger charge is 2.18. The largest absolute Gasteiger partial charge is 0.292 e. The minimum atomic E-state index is -0.542. The van der Waals surface area contributed by atoms with Gasteiger partial charge in [0.15, 0.2) is 10.9 Å². The van der Waals surface area contributed by atoms with Crippen LogP contribution in [0.5, 0.6) is 0 Å². The number of carbonyl (C=O) groups excluding carboxylic acids is 1. The molecule has 0 unspecified atom stereocenters. The Morgan fingerprint density at radius 1 is 1.11 bits per heavy atom. The van der Waals surface area contributed by atoms with E-state index in [0.29, 0.717) is 20.1 Å². The highest BCUT2D eigenvalue weighted by Crippen LogP contribution is 2.26. The van der Waals surface area contributed by atoms with E-state index in [1.807, 2.05) is 0 Å². The summed E-state index contributed by atoms with van der Waals surface area (Å²) in [5.74, 6) is -0.625. The molecule has 8 heteroatoms. The van der Waals surface area contributed by atoms with Gasteiger partial charge < -0.3 is 0 Å². The number of fused-ring (bicyclic) bond motifs is 1. The van der Waals surface area contributed by atoms with Crippen LogP contribution in [-0.2, 0) is 0 Å². The van der Waals surface area contributed by atoms with Crippen LogP contribution in [0.25, 0.3) is 16.6 Å². The van der Waals surface area contributed by atoms with E-state index >= 15 is 0 Å². The third kappa shape index (κ3) is 3.61. The topological polar surface area (TPSA) is 52.0 Å². The number of hydrogen-bond acceptors (Lipinski definition) is 5. The van der Waals surface area contributed by atoms with Crippen LogP contribution in [0.1, 0.15) is 9.67 Å². The molecule has 0 saturated carbocycles. The maximum absolute atomic E-state index is 14.4. The van der Waals surface area contributed by atoms with Gasteiger partial charge in [0.1, 0.15) is 5.82 Å². The molecule has 2 heterocycles. The minimum absolute atomic E-state index is 0.0517. The van der Waals surface area contributed by atoms with E-state index in [0.717, 1.165) is 11.8 Å². The second-order valence-electron chi connectivity index (χ2n) is 5.82. The number of aromatic nitrogens is 2. The molecule has 0 N–H and O–H groups in total. The van der Waals surface area contributed by atoms with Gasteiger partial charge >= 0.3 is 0 Å². The van der Waals surface area contributed by atoms with Gasteiger partial charge in [0, 0.05) is 0 Å². The van der Waals surface area contributed by atoms with E-state index in [4.69, 9.17) is 11.6 Å². The van der Waals surface area contributed by atoms with Crippen LogP contribution < -0.4 is 5.56 Å². The molecular formula is C20H12ClFN2O2S2. The smallest absolute Gasteiger partial charge is 0.266 e. The number of hydrogen-bond donors (Lipinski definition) is 0. The van der Waals surface area contributed by atoms with Crippen LogP contribution >= 0.6 is 34.7 Å². The molecule has 0 fully saturated rings. The van der Waals surface area contributed by atoms with Crippen molar-refractivity contribution >= 4 is 51.4 Å². The van der Waals surface area contributed by atoms with Crippen molar-refractivity contribution < 1.29 is 9.18 Å². The summed E-state index contributed by atoms with van der Waals surface area (Å²) in [5, 5.41) is 0.635. The van der Waals surface area contributed by atoms with Gasteiger partial charge in [0.05, 0.1) is 31.6 Å². The van der Waals surface area contributed by atoms with Crippen LogP contribution in [0.15, 0.2) is 70.6 Å². The number of benzene rings is 2. The second kappa shape index (κ2) is 7.87. The van der Waals surface area contributed by atoms with Gasteiger partial charge in [-0.2, -0.15) is 0 Å². The molecule has 2 aromatic carbocycles. The summed E-state index contributed by atoms with van der Waals surface area (Å²) < 4.78 is 16.2. The Labute approximate surface area is 172 Å². The lowest BCUT2D eigenvalue weighted by molar-refractivity contribution is 0.102. The summed E-state index contributed by atoms with van der Waals surface area (Å²) in [6.45, 7) is 0. The van der Waals surface area contributed by atoms with E-state index in [-0.39, 0.29) is 27.9 Å². The maximum atomic E-state index is 14.4. The lowest BCUT2D eigenvalue weighted by Crippen LogP contribution is -2.23. The van der Waals surface area contributed by atoms with Gasteiger partial charge in [0.25, 0.3) is 5.56 Å². The molecule has 0 radical (unpaired) electrons. The van der Waals surface area contributed by atoms with Crippen LogP contribution in [-0.4, -0.2) is 21.1 Å². The van der Waals surface area contributed by atoms with Crippen molar-refractivity contribution in [2.75, 3.05) is 5.75 Å². The number of carbonyl (C=O) groups is 1. The molecule has 0 saturated heterocycles. The molecule has 140 valence electrons. The van der Waals surface area contributed by atoms with Gasteiger partial charge in [-0.15, -0.1) is 11.3 Å². The van der Waals surface area contributed by atoms with Gasteiger partial charge in [0.2, 0.25) is 0 Å². The molecule has 28 heavy (non-hydrogen) atoms. The summed E-state index contributed by atoms with van der Waals surface area (Å²) in [4.78, 5) is 30.5.